The van der Waals surface area contributed by atoms with Gasteiger partial charge in [0.2, 0.25) is 0 Å². The van der Waals surface area contributed by atoms with E-state index in [1.54, 1.807) is 11.3 Å². The van der Waals surface area contributed by atoms with Gasteiger partial charge < -0.3 is 4.42 Å². The Morgan fingerprint density at radius 3 is 1.80 bits per heavy atom. The van der Waals surface area contributed by atoms with Gasteiger partial charge in [0, 0.05) is 53.1 Å². The first-order chi connectivity index (χ1) is 31.9. The van der Waals surface area contributed by atoms with Crippen LogP contribution in [0.5, 0.6) is 0 Å². The van der Waals surface area contributed by atoms with Gasteiger partial charge >= 0.3 is 0 Å². The topological polar surface area (TPSA) is 51.8 Å². The zero-order valence-electron chi connectivity index (χ0n) is 35.7. The fourth-order valence-corrected chi connectivity index (χ4v) is 11.3. The van der Waals surface area contributed by atoms with Crippen molar-refractivity contribution in [2.75, 3.05) is 0 Å². The highest BCUT2D eigenvalue weighted by Gasteiger charge is 2.35. The summed E-state index contributed by atoms with van der Waals surface area (Å²) >= 11 is 1.78. The van der Waals surface area contributed by atoms with Crippen LogP contribution in [0.3, 0.4) is 0 Å². The van der Waals surface area contributed by atoms with E-state index >= 15 is 0 Å². The number of rotatable bonds is 6. The van der Waals surface area contributed by atoms with Gasteiger partial charge in [-0.15, -0.1) is 11.3 Å². The van der Waals surface area contributed by atoms with Gasteiger partial charge in [-0.3, -0.25) is 0 Å². The summed E-state index contributed by atoms with van der Waals surface area (Å²) in [4.78, 5) is 15.9. The number of hydrogen-bond acceptors (Lipinski definition) is 5. The van der Waals surface area contributed by atoms with Crippen LogP contribution in [0.1, 0.15) is 25.0 Å². The van der Waals surface area contributed by atoms with Gasteiger partial charge in [-0.1, -0.05) is 166 Å². The first-order valence-corrected chi connectivity index (χ1v) is 22.9. The summed E-state index contributed by atoms with van der Waals surface area (Å²) in [5.74, 6) is 1.84. The molecule has 0 fully saturated rings. The molecule has 0 bridgehead atoms. The Bertz CT molecular complexity index is 3880. The Balaban J connectivity index is 0.961. The van der Waals surface area contributed by atoms with Crippen LogP contribution in [-0.4, -0.2) is 15.0 Å². The van der Waals surface area contributed by atoms with Crippen LogP contribution in [0.4, 0.5) is 0 Å². The molecule has 0 atom stereocenters. The number of hydrogen-bond donors (Lipinski definition) is 0. The van der Waals surface area contributed by atoms with Crippen LogP contribution < -0.4 is 0 Å². The summed E-state index contributed by atoms with van der Waals surface area (Å²) in [6.45, 7) is 4.68. The summed E-state index contributed by atoms with van der Waals surface area (Å²) in [6.07, 6.45) is 0. The molecule has 65 heavy (non-hydrogen) atoms. The molecule has 0 saturated heterocycles. The molecule has 0 amide bonds. The third-order valence-corrected chi connectivity index (χ3v) is 14.6. The molecule has 0 unspecified atom stereocenters. The molecule has 306 valence electrons. The number of benzene rings is 9. The molecule has 3 aromatic heterocycles. The Hall–Kier alpha value is -7.99. The van der Waals surface area contributed by atoms with Crippen molar-refractivity contribution in [1.82, 2.24) is 15.0 Å². The normalized spacial score (nSPS) is 12.9. The molecule has 13 rings (SSSR count). The SMILES string of the molecule is CC1(C)c2ccccc2-c2ccc(-c3cccc(-c4ccc5oc6cccc(-c7nc(-c8cccc(-c9ccccc9)c8)nc(-c8cccc9c8sc8ccccc89)n7)c6c5c4)c3)cc21. The van der Waals surface area contributed by atoms with Crippen LogP contribution in [0.2, 0.25) is 0 Å². The Labute approximate surface area is 380 Å². The first-order valence-electron chi connectivity index (χ1n) is 22.1. The average Bonchev–Trinajstić information content (AvgIpc) is 4.01. The highest BCUT2D eigenvalue weighted by Crippen LogP contribution is 2.50. The molecular formula is C60H39N3OS. The molecule has 0 spiro atoms. The van der Waals surface area contributed by atoms with Gasteiger partial charge in [0.1, 0.15) is 11.2 Å². The van der Waals surface area contributed by atoms with E-state index in [-0.39, 0.29) is 5.41 Å². The van der Waals surface area contributed by atoms with Gasteiger partial charge in [-0.25, -0.2) is 15.0 Å². The molecule has 4 nitrogen and oxygen atoms in total. The molecule has 1 aliphatic carbocycles. The lowest BCUT2D eigenvalue weighted by molar-refractivity contribution is 0.660. The van der Waals surface area contributed by atoms with Gasteiger partial charge in [-0.05, 0) is 104 Å². The van der Waals surface area contributed by atoms with E-state index in [1.165, 1.54) is 48.9 Å². The summed E-state index contributed by atoms with van der Waals surface area (Å²) in [7, 11) is 0. The Morgan fingerprint density at radius 1 is 0.369 bits per heavy atom. The smallest absolute Gasteiger partial charge is 0.165 e. The van der Waals surface area contributed by atoms with E-state index in [1.807, 2.05) is 18.2 Å². The van der Waals surface area contributed by atoms with Crippen molar-refractivity contribution in [2.24, 2.45) is 0 Å². The van der Waals surface area contributed by atoms with Crippen molar-refractivity contribution in [1.29, 1.82) is 0 Å². The van der Waals surface area contributed by atoms with E-state index in [4.69, 9.17) is 19.4 Å². The maximum atomic E-state index is 6.60. The van der Waals surface area contributed by atoms with Crippen molar-refractivity contribution in [3.63, 3.8) is 0 Å². The Kier molecular flexibility index (Phi) is 8.39. The summed E-state index contributed by atoms with van der Waals surface area (Å²) in [5.41, 5.74) is 16.6. The van der Waals surface area contributed by atoms with Gasteiger partial charge in [0.05, 0.1) is 0 Å². The predicted octanol–water partition coefficient (Wildman–Crippen LogP) is 16.4. The minimum absolute atomic E-state index is 0.0666. The molecule has 0 aliphatic heterocycles. The number of fused-ring (bicyclic) bond motifs is 9. The van der Waals surface area contributed by atoms with Crippen LogP contribution in [-0.2, 0) is 5.41 Å². The maximum absolute atomic E-state index is 6.60. The van der Waals surface area contributed by atoms with Crippen molar-refractivity contribution in [3.8, 4) is 78.7 Å². The third kappa shape index (κ3) is 6.07. The van der Waals surface area contributed by atoms with E-state index in [0.717, 1.165) is 65.6 Å². The van der Waals surface area contributed by atoms with Crippen LogP contribution in [0.15, 0.2) is 205 Å². The largest absolute Gasteiger partial charge is 0.456 e. The zero-order chi connectivity index (χ0) is 43.2. The van der Waals surface area contributed by atoms with E-state index < -0.39 is 0 Å². The van der Waals surface area contributed by atoms with Gasteiger partial charge in [-0.2, -0.15) is 0 Å². The van der Waals surface area contributed by atoms with Gasteiger partial charge in [0.15, 0.2) is 17.5 Å². The number of aromatic nitrogens is 3. The van der Waals surface area contributed by atoms with Crippen molar-refractivity contribution >= 4 is 53.4 Å². The molecule has 5 heteroatoms. The second-order valence-electron chi connectivity index (χ2n) is 17.5. The average molecular weight is 850 g/mol. The molecular weight excluding hydrogens is 811 g/mol. The summed E-state index contributed by atoms with van der Waals surface area (Å²) in [6, 6.07) is 71.3. The molecule has 0 saturated carbocycles. The van der Waals surface area contributed by atoms with Crippen LogP contribution in [0, 0.1) is 0 Å². The van der Waals surface area contributed by atoms with E-state index in [0.29, 0.717) is 17.5 Å². The van der Waals surface area contributed by atoms with Crippen molar-refractivity contribution in [2.45, 2.75) is 19.3 Å². The monoisotopic (exact) mass is 849 g/mol. The lowest BCUT2D eigenvalue weighted by Crippen LogP contribution is -2.14. The second-order valence-corrected chi connectivity index (χ2v) is 18.6. The number of nitrogens with zero attached hydrogens (tertiary/aromatic N) is 3. The van der Waals surface area contributed by atoms with Crippen LogP contribution >= 0.6 is 11.3 Å². The van der Waals surface area contributed by atoms with Gasteiger partial charge in [0.25, 0.3) is 0 Å². The quantitative estimate of drug-likeness (QED) is 0.167. The number of thiophene rings is 1. The van der Waals surface area contributed by atoms with Crippen molar-refractivity contribution < 1.29 is 4.42 Å². The molecule has 0 N–H and O–H groups in total. The van der Waals surface area contributed by atoms with E-state index in [9.17, 15) is 0 Å². The standard InChI is InChI=1S/C60H39N3OS/c1-60(2)50-25-8-6-20-43(50)44-30-28-41(35-51(44)60)39-18-10-17-38(32-39)40-29-31-52-49(34-40)55-47(23-13-26-53(55)64-52)58-61-57(42-19-11-16-37(33-42)36-14-4-3-5-15-36)62-59(63-58)48-24-12-22-46-45-21-7-9-27-54(45)65-56(46)48/h3-35H,1-2H3. The minimum Gasteiger partial charge on any atom is -0.456 e. The summed E-state index contributed by atoms with van der Waals surface area (Å²) in [5, 5.41) is 4.42. The Morgan fingerprint density at radius 2 is 0.938 bits per heavy atom. The second kappa shape index (κ2) is 14.5. The fraction of sp³-hybridized carbons (Fsp3) is 0.0500. The van der Waals surface area contributed by atoms with Crippen LogP contribution in [0.25, 0.3) is 121 Å². The summed E-state index contributed by atoms with van der Waals surface area (Å²) < 4.78 is 8.99. The molecule has 12 aromatic rings. The minimum atomic E-state index is -0.0666. The molecule has 3 heterocycles. The van der Waals surface area contributed by atoms with E-state index in [2.05, 4.69) is 196 Å². The number of furan rings is 1. The third-order valence-electron chi connectivity index (χ3n) is 13.4. The lowest BCUT2D eigenvalue weighted by Gasteiger charge is -2.22. The first kappa shape index (κ1) is 37.6. The molecule has 0 radical (unpaired) electrons. The fourth-order valence-electron chi connectivity index (χ4n) is 10.1. The highest BCUT2D eigenvalue weighted by atomic mass is 32.1. The molecule has 1 aliphatic rings. The zero-order valence-corrected chi connectivity index (χ0v) is 36.5. The highest BCUT2D eigenvalue weighted by molar-refractivity contribution is 7.26. The predicted molar refractivity (Wildman–Crippen MR) is 270 cm³/mol. The maximum Gasteiger partial charge on any atom is 0.165 e. The lowest BCUT2D eigenvalue weighted by atomic mass is 9.81. The van der Waals surface area contributed by atoms with Crippen molar-refractivity contribution in [3.05, 3.63) is 211 Å². The molecule has 9 aromatic carbocycles.